The van der Waals surface area contributed by atoms with Crippen molar-refractivity contribution in [2.24, 2.45) is 17.8 Å². The molecule has 4 rings (SSSR count). The number of rotatable bonds is 3. The number of aryl methyl sites for hydroxylation is 1. The molecule has 1 heterocycles. The van der Waals surface area contributed by atoms with E-state index in [1.807, 2.05) is 11.8 Å². The third kappa shape index (κ3) is 2.22. The molecule has 2 fully saturated rings. The summed E-state index contributed by atoms with van der Waals surface area (Å²) in [6.07, 6.45) is 6.57. The third-order valence-electron chi connectivity index (χ3n) is 6.22. The average Bonchev–Trinajstić information content (AvgIpc) is 3.13. The van der Waals surface area contributed by atoms with Gasteiger partial charge in [0.1, 0.15) is 0 Å². The fourth-order valence-corrected chi connectivity index (χ4v) is 6.22. The Morgan fingerprint density at radius 2 is 2.09 bits per heavy atom. The highest BCUT2D eigenvalue weighted by Crippen LogP contribution is 2.61. The second-order valence-corrected chi connectivity index (χ2v) is 8.80. The van der Waals surface area contributed by atoms with E-state index < -0.39 is 0 Å². The van der Waals surface area contributed by atoms with Crippen LogP contribution >= 0.6 is 11.8 Å². The molecule has 0 saturated heterocycles. The van der Waals surface area contributed by atoms with E-state index in [2.05, 4.69) is 55.8 Å². The van der Waals surface area contributed by atoms with Crippen LogP contribution in [0.15, 0.2) is 29.7 Å². The Kier molecular flexibility index (Phi) is 3.76. The van der Waals surface area contributed by atoms with E-state index in [0.717, 1.165) is 23.7 Å². The van der Waals surface area contributed by atoms with Gasteiger partial charge in [-0.05, 0) is 73.8 Å². The van der Waals surface area contributed by atoms with Gasteiger partial charge in [-0.3, -0.25) is 0 Å². The minimum Gasteiger partial charge on any atom is -0.381 e. The zero-order chi connectivity index (χ0) is 15.3. The first-order valence-electron chi connectivity index (χ1n) is 8.82. The Hall–Kier alpha value is -0.890. The molecule has 3 aliphatic rings. The van der Waals surface area contributed by atoms with Gasteiger partial charge in [0.15, 0.2) is 0 Å². The molecule has 6 atom stereocenters. The van der Waals surface area contributed by atoms with Gasteiger partial charge < -0.3 is 5.32 Å². The van der Waals surface area contributed by atoms with Crippen LogP contribution < -0.4 is 5.32 Å². The molecule has 22 heavy (non-hydrogen) atoms. The van der Waals surface area contributed by atoms with Gasteiger partial charge in [0.2, 0.25) is 0 Å². The van der Waals surface area contributed by atoms with Gasteiger partial charge in [-0.15, -0.1) is 11.8 Å². The lowest BCUT2D eigenvalue weighted by Crippen LogP contribution is -2.46. The fraction of sp³-hybridized carbons (Fsp3) is 0.600. The van der Waals surface area contributed by atoms with Crippen LogP contribution in [0.25, 0.3) is 0 Å². The average molecular weight is 314 g/mol. The van der Waals surface area contributed by atoms with Crippen molar-refractivity contribution in [2.75, 3.05) is 5.32 Å². The molecule has 0 amide bonds. The Morgan fingerprint density at radius 3 is 2.91 bits per heavy atom. The minimum absolute atomic E-state index is 0.622. The van der Waals surface area contributed by atoms with Crippen LogP contribution in [0, 0.1) is 24.7 Å². The van der Waals surface area contributed by atoms with Gasteiger partial charge in [0.25, 0.3) is 0 Å². The first kappa shape index (κ1) is 14.7. The number of anilines is 1. The van der Waals surface area contributed by atoms with Crippen molar-refractivity contribution in [3.05, 3.63) is 40.8 Å². The second kappa shape index (κ2) is 5.63. The van der Waals surface area contributed by atoms with Gasteiger partial charge >= 0.3 is 0 Å². The normalized spacial score (nSPS) is 37.0. The highest BCUT2D eigenvalue weighted by molar-refractivity contribution is 8.02. The Labute approximate surface area is 139 Å². The molecular formula is C20H27NS. The van der Waals surface area contributed by atoms with Gasteiger partial charge in [0.05, 0.1) is 0 Å². The number of benzene rings is 1. The maximum Gasteiger partial charge on any atom is 0.0417 e. The third-order valence-corrected chi connectivity index (χ3v) is 7.37. The van der Waals surface area contributed by atoms with Crippen molar-refractivity contribution in [3.8, 4) is 0 Å². The number of fused-ring (bicyclic) bond motifs is 7. The standard InChI is InChI=1S/C20H27NS/c1-4-9-22-13(3)20-19-15-7-6-14(11-15)18(19)16-10-12(2)5-8-17(16)21-20/h4-5,8-10,13-15,18-21H,6-7,11H2,1-3H3/b9-4-. The van der Waals surface area contributed by atoms with Crippen molar-refractivity contribution >= 4 is 17.4 Å². The second-order valence-electron chi connectivity index (χ2n) is 7.51. The topological polar surface area (TPSA) is 12.0 Å². The predicted octanol–water partition coefficient (Wildman–Crippen LogP) is 5.57. The van der Waals surface area contributed by atoms with Crippen molar-refractivity contribution in [1.29, 1.82) is 0 Å². The monoisotopic (exact) mass is 313 g/mol. The number of thioether (sulfide) groups is 1. The molecule has 2 saturated carbocycles. The molecule has 0 radical (unpaired) electrons. The molecule has 6 unspecified atom stereocenters. The molecule has 1 aromatic rings. The van der Waals surface area contributed by atoms with Crippen molar-refractivity contribution in [1.82, 2.24) is 0 Å². The highest BCUT2D eigenvalue weighted by atomic mass is 32.2. The van der Waals surface area contributed by atoms with Gasteiger partial charge in [0, 0.05) is 17.0 Å². The van der Waals surface area contributed by atoms with E-state index in [1.54, 1.807) is 5.56 Å². The smallest absolute Gasteiger partial charge is 0.0417 e. The Morgan fingerprint density at radius 1 is 1.27 bits per heavy atom. The van der Waals surface area contributed by atoms with Crippen molar-refractivity contribution < 1.29 is 0 Å². The summed E-state index contributed by atoms with van der Waals surface area (Å²) in [7, 11) is 0. The van der Waals surface area contributed by atoms with Gasteiger partial charge in [-0.1, -0.05) is 30.7 Å². The van der Waals surface area contributed by atoms with E-state index in [-0.39, 0.29) is 0 Å². The molecule has 1 nitrogen and oxygen atoms in total. The summed E-state index contributed by atoms with van der Waals surface area (Å²) in [5.74, 6) is 3.56. The SMILES string of the molecule is C/C=C\SC(C)C1Nc2ccc(C)cc2C2C3CCC(C3)C12. The molecule has 2 bridgehead atoms. The lowest BCUT2D eigenvalue weighted by atomic mass is 9.68. The molecule has 2 aliphatic carbocycles. The zero-order valence-electron chi connectivity index (χ0n) is 13.9. The maximum absolute atomic E-state index is 3.93. The lowest BCUT2D eigenvalue weighted by molar-refractivity contribution is 0.245. The van der Waals surface area contributed by atoms with Crippen molar-refractivity contribution in [2.45, 2.75) is 57.2 Å². The van der Waals surface area contributed by atoms with Gasteiger partial charge in [-0.2, -0.15) is 0 Å². The Bertz CT molecular complexity index is 593. The maximum atomic E-state index is 3.93. The van der Waals surface area contributed by atoms with Crippen LogP contribution in [-0.4, -0.2) is 11.3 Å². The molecule has 118 valence electrons. The highest BCUT2D eigenvalue weighted by Gasteiger charge is 2.54. The summed E-state index contributed by atoms with van der Waals surface area (Å²) in [5, 5.41) is 6.83. The van der Waals surface area contributed by atoms with E-state index in [4.69, 9.17) is 0 Å². The summed E-state index contributed by atoms with van der Waals surface area (Å²) in [5.41, 5.74) is 4.45. The quantitative estimate of drug-likeness (QED) is 0.782. The number of hydrogen-bond acceptors (Lipinski definition) is 2. The number of allylic oxidation sites excluding steroid dienone is 1. The van der Waals surface area contributed by atoms with E-state index in [0.29, 0.717) is 11.3 Å². The molecule has 1 aromatic carbocycles. The van der Waals surface area contributed by atoms with Crippen molar-refractivity contribution in [3.63, 3.8) is 0 Å². The summed E-state index contributed by atoms with van der Waals surface area (Å²) in [6.45, 7) is 6.76. The molecule has 1 aliphatic heterocycles. The lowest BCUT2D eigenvalue weighted by Gasteiger charge is -2.45. The molecule has 0 aromatic heterocycles. The molecule has 1 N–H and O–H groups in total. The van der Waals surface area contributed by atoms with Gasteiger partial charge in [-0.25, -0.2) is 0 Å². The number of hydrogen-bond donors (Lipinski definition) is 1. The van der Waals surface area contributed by atoms with Crippen LogP contribution in [0.3, 0.4) is 0 Å². The summed E-state index contributed by atoms with van der Waals surface area (Å²) >= 11 is 1.99. The minimum atomic E-state index is 0.622. The van der Waals surface area contributed by atoms with Crippen LogP contribution in [0.1, 0.15) is 50.2 Å². The van der Waals surface area contributed by atoms with Crippen LogP contribution in [0.2, 0.25) is 0 Å². The first-order valence-corrected chi connectivity index (χ1v) is 9.77. The van der Waals surface area contributed by atoms with E-state index >= 15 is 0 Å². The Balaban J connectivity index is 1.72. The van der Waals surface area contributed by atoms with E-state index in [9.17, 15) is 0 Å². The molecule has 2 heteroatoms. The zero-order valence-corrected chi connectivity index (χ0v) is 14.7. The van der Waals surface area contributed by atoms with Crippen LogP contribution in [0.5, 0.6) is 0 Å². The van der Waals surface area contributed by atoms with Crippen LogP contribution in [-0.2, 0) is 0 Å². The van der Waals surface area contributed by atoms with Crippen LogP contribution in [0.4, 0.5) is 5.69 Å². The number of nitrogens with one attached hydrogen (secondary N) is 1. The largest absolute Gasteiger partial charge is 0.381 e. The first-order chi connectivity index (χ1) is 10.7. The molecule has 0 spiro atoms. The fourth-order valence-electron chi connectivity index (χ4n) is 5.40. The predicted molar refractivity (Wildman–Crippen MR) is 97.5 cm³/mol. The summed E-state index contributed by atoms with van der Waals surface area (Å²) in [4.78, 5) is 0. The van der Waals surface area contributed by atoms with E-state index in [1.165, 1.54) is 30.5 Å². The molecular weight excluding hydrogens is 286 g/mol. The summed E-state index contributed by atoms with van der Waals surface area (Å²) in [6, 6.07) is 7.67. The summed E-state index contributed by atoms with van der Waals surface area (Å²) < 4.78 is 0.